The van der Waals surface area contributed by atoms with Crippen molar-refractivity contribution in [3.05, 3.63) is 72.5 Å². The van der Waals surface area contributed by atoms with E-state index in [0.717, 1.165) is 17.8 Å². The lowest BCUT2D eigenvalue weighted by molar-refractivity contribution is 0.885. The van der Waals surface area contributed by atoms with Gasteiger partial charge in [-0.1, -0.05) is 49.6 Å². The quantitative estimate of drug-likeness (QED) is 0.685. The summed E-state index contributed by atoms with van der Waals surface area (Å²) in [5.41, 5.74) is 3.24. The summed E-state index contributed by atoms with van der Waals surface area (Å²) in [6.45, 7) is 10.4. The molecular weight excluding hydrogens is 182 g/mol. The van der Waals surface area contributed by atoms with Crippen LogP contribution in [-0.4, -0.2) is 6.54 Å². The Bertz CT molecular complexity index is 365. The van der Waals surface area contributed by atoms with Gasteiger partial charge >= 0.3 is 0 Å². The molecule has 1 heterocycles. The first-order valence-electron chi connectivity index (χ1n) is 5.03. The molecule has 0 aromatic heterocycles. The molecule has 0 aliphatic carbocycles. The topological polar surface area (TPSA) is 12.0 Å². The number of dihydropyridines is 1. The molecule has 0 unspecified atom stereocenters. The van der Waals surface area contributed by atoms with E-state index in [-0.39, 0.29) is 0 Å². The molecule has 1 nitrogen and oxygen atoms in total. The van der Waals surface area contributed by atoms with E-state index < -0.39 is 0 Å². The van der Waals surface area contributed by atoms with Crippen LogP contribution in [0.4, 0.5) is 0 Å². The molecule has 1 heteroatoms. The summed E-state index contributed by atoms with van der Waals surface area (Å²) < 4.78 is 0. The highest BCUT2D eigenvalue weighted by atomic mass is 14.9. The smallest absolute Gasteiger partial charge is 0.0410 e. The Kier molecular flexibility index (Phi) is 4.42. The Morgan fingerprint density at radius 1 is 1.40 bits per heavy atom. The first-order valence-corrected chi connectivity index (χ1v) is 5.03. The van der Waals surface area contributed by atoms with Gasteiger partial charge in [-0.25, -0.2) is 0 Å². The van der Waals surface area contributed by atoms with Crippen LogP contribution >= 0.6 is 0 Å². The summed E-state index contributed by atoms with van der Waals surface area (Å²) in [7, 11) is 0. The molecule has 0 spiro atoms. The van der Waals surface area contributed by atoms with Gasteiger partial charge in [-0.3, -0.25) is 0 Å². The van der Waals surface area contributed by atoms with Crippen LogP contribution in [0.5, 0.6) is 0 Å². The molecule has 0 amide bonds. The molecule has 1 aliphatic heterocycles. The van der Waals surface area contributed by atoms with E-state index in [1.807, 2.05) is 31.2 Å². The third-order valence-electron chi connectivity index (χ3n) is 2.15. The van der Waals surface area contributed by atoms with Crippen molar-refractivity contribution in [2.24, 2.45) is 0 Å². The minimum atomic E-state index is 0.840. The van der Waals surface area contributed by atoms with Gasteiger partial charge in [-0.05, 0) is 24.1 Å². The lowest BCUT2D eigenvalue weighted by atomic mass is 10.1. The van der Waals surface area contributed by atoms with Gasteiger partial charge in [0, 0.05) is 12.2 Å². The Hall–Kier alpha value is -1.76. The van der Waals surface area contributed by atoms with Crippen molar-refractivity contribution in [2.75, 3.05) is 6.54 Å². The highest BCUT2D eigenvalue weighted by Gasteiger charge is 2.03. The molecule has 15 heavy (non-hydrogen) atoms. The predicted molar refractivity (Wildman–Crippen MR) is 67.5 cm³/mol. The van der Waals surface area contributed by atoms with Gasteiger partial charge in [0.15, 0.2) is 0 Å². The minimum absolute atomic E-state index is 0.840. The third kappa shape index (κ3) is 3.47. The summed E-state index contributed by atoms with van der Waals surface area (Å²) in [5.74, 6) is 0. The Labute approximate surface area is 91.9 Å². The van der Waals surface area contributed by atoms with Crippen molar-refractivity contribution in [2.45, 2.75) is 6.92 Å². The second-order valence-corrected chi connectivity index (χ2v) is 3.29. The first kappa shape index (κ1) is 11.3. The molecule has 0 radical (unpaired) electrons. The molecule has 0 saturated heterocycles. The van der Waals surface area contributed by atoms with Gasteiger partial charge in [0.2, 0.25) is 0 Å². The third-order valence-corrected chi connectivity index (χ3v) is 2.15. The van der Waals surface area contributed by atoms with E-state index in [0.29, 0.717) is 0 Å². The minimum Gasteiger partial charge on any atom is -0.380 e. The van der Waals surface area contributed by atoms with Crippen molar-refractivity contribution in [1.82, 2.24) is 5.32 Å². The molecule has 0 saturated carbocycles. The number of nitrogens with one attached hydrogen (secondary N) is 1. The second-order valence-electron chi connectivity index (χ2n) is 3.29. The van der Waals surface area contributed by atoms with Crippen LogP contribution in [0.1, 0.15) is 6.92 Å². The van der Waals surface area contributed by atoms with E-state index in [1.165, 1.54) is 5.57 Å². The van der Waals surface area contributed by atoms with Gasteiger partial charge in [-0.15, -0.1) is 0 Å². The molecule has 0 aromatic carbocycles. The zero-order valence-electron chi connectivity index (χ0n) is 9.16. The zero-order valence-corrected chi connectivity index (χ0v) is 9.16. The highest BCUT2D eigenvalue weighted by Crippen LogP contribution is 2.12. The summed E-state index contributed by atoms with van der Waals surface area (Å²) in [6, 6.07) is 0. The SMILES string of the molecule is C=CC(=C)C1=CC=C(/C=C\C=C/C)CN1. The van der Waals surface area contributed by atoms with Crippen LogP contribution in [0.2, 0.25) is 0 Å². The van der Waals surface area contributed by atoms with Gasteiger partial charge in [-0.2, -0.15) is 0 Å². The maximum atomic E-state index is 3.89. The van der Waals surface area contributed by atoms with E-state index in [9.17, 15) is 0 Å². The normalized spacial score (nSPS) is 16.1. The van der Waals surface area contributed by atoms with Crippen molar-refractivity contribution >= 4 is 0 Å². The van der Waals surface area contributed by atoms with Crippen LogP contribution < -0.4 is 5.32 Å². The monoisotopic (exact) mass is 199 g/mol. The maximum absolute atomic E-state index is 3.89. The Morgan fingerprint density at radius 2 is 2.20 bits per heavy atom. The summed E-state index contributed by atoms with van der Waals surface area (Å²) in [6.07, 6.45) is 14.0. The van der Waals surface area contributed by atoms with Crippen LogP contribution in [0.25, 0.3) is 0 Å². The van der Waals surface area contributed by atoms with Crippen molar-refractivity contribution < 1.29 is 0 Å². The number of hydrogen-bond acceptors (Lipinski definition) is 1. The molecule has 0 bridgehead atoms. The molecule has 0 aromatic rings. The standard InChI is InChI=1S/C14H17N/c1-4-6-7-8-13-9-10-14(15-11-13)12(3)5-2/h4-10,15H,2-3,11H2,1H3/b6-4-,8-7-. The fourth-order valence-electron chi connectivity index (χ4n) is 1.24. The number of hydrogen-bond donors (Lipinski definition) is 1. The zero-order chi connectivity index (χ0) is 11.1. The molecule has 0 atom stereocenters. The largest absolute Gasteiger partial charge is 0.380 e. The lowest BCUT2D eigenvalue weighted by Crippen LogP contribution is -2.19. The highest BCUT2D eigenvalue weighted by molar-refractivity contribution is 5.43. The molecule has 1 aliphatic rings. The molecule has 1 N–H and O–H groups in total. The van der Waals surface area contributed by atoms with E-state index in [2.05, 4.69) is 30.6 Å². The van der Waals surface area contributed by atoms with Gasteiger partial charge in [0.1, 0.15) is 0 Å². The van der Waals surface area contributed by atoms with Crippen LogP contribution in [0.15, 0.2) is 72.5 Å². The van der Waals surface area contributed by atoms with Gasteiger partial charge < -0.3 is 5.32 Å². The summed E-state index contributed by atoms with van der Waals surface area (Å²) in [5, 5.41) is 3.29. The van der Waals surface area contributed by atoms with E-state index in [1.54, 1.807) is 6.08 Å². The molecule has 78 valence electrons. The first-order chi connectivity index (χ1) is 7.27. The second kappa shape index (κ2) is 5.86. The van der Waals surface area contributed by atoms with Crippen LogP contribution in [0, 0.1) is 0 Å². The Balaban J connectivity index is 2.67. The maximum Gasteiger partial charge on any atom is 0.0410 e. The van der Waals surface area contributed by atoms with E-state index in [4.69, 9.17) is 0 Å². The van der Waals surface area contributed by atoms with Crippen molar-refractivity contribution in [1.29, 1.82) is 0 Å². The fourth-order valence-corrected chi connectivity index (χ4v) is 1.24. The van der Waals surface area contributed by atoms with Gasteiger partial charge in [0.25, 0.3) is 0 Å². The fraction of sp³-hybridized carbons (Fsp3) is 0.143. The molecule has 0 fully saturated rings. The summed E-state index contributed by atoms with van der Waals surface area (Å²) >= 11 is 0. The number of allylic oxidation sites excluding steroid dienone is 6. The van der Waals surface area contributed by atoms with E-state index >= 15 is 0 Å². The average molecular weight is 199 g/mol. The van der Waals surface area contributed by atoms with Crippen LogP contribution in [0.3, 0.4) is 0 Å². The average Bonchev–Trinajstić information content (AvgIpc) is 2.29. The van der Waals surface area contributed by atoms with Crippen LogP contribution in [-0.2, 0) is 0 Å². The van der Waals surface area contributed by atoms with Crippen molar-refractivity contribution in [3.63, 3.8) is 0 Å². The predicted octanol–water partition coefficient (Wildman–Crippen LogP) is 3.27. The van der Waals surface area contributed by atoms with Crippen molar-refractivity contribution in [3.8, 4) is 0 Å². The Morgan fingerprint density at radius 3 is 2.73 bits per heavy atom. The number of rotatable bonds is 4. The molecular formula is C14H17N. The summed E-state index contributed by atoms with van der Waals surface area (Å²) in [4.78, 5) is 0. The lowest BCUT2D eigenvalue weighted by Gasteiger charge is -2.15. The molecule has 1 rings (SSSR count). The van der Waals surface area contributed by atoms with Gasteiger partial charge in [0.05, 0.1) is 0 Å².